The van der Waals surface area contributed by atoms with Crippen LogP contribution in [0.3, 0.4) is 0 Å². The molecule has 1 saturated heterocycles. The van der Waals surface area contributed by atoms with E-state index in [-0.39, 0.29) is 0 Å². The zero-order valence-electron chi connectivity index (χ0n) is 17.8. The second-order valence-corrected chi connectivity index (χ2v) is 7.76. The highest BCUT2D eigenvalue weighted by atomic mass is 16.5. The van der Waals surface area contributed by atoms with Crippen LogP contribution in [0.5, 0.6) is 11.5 Å². The second kappa shape index (κ2) is 9.83. The van der Waals surface area contributed by atoms with Gasteiger partial charge in [0.1, 0.15) is 18.1 Å². The van der Waals surface area contributed by atoms with Gasteiger partial charge < -0.3 is 14.4 Å². The second-order valence-electron chi connectivity index (χ2n) is 7.76. The Morgan fingerprint density at radius 1 is 0.929 bits per heavy atom. The highest BCUT2D eigenvalue weighted by Gasteiger charge is 2.19. The quantitative estimate of drug-likeness (QED) is 0.660. The molecule has 1 aliphatic heterocycles. The molecule has 0 radical (unpaired) electrons. The van der Waals surface area contributed by atoms with Crippen LogP contribution in [0.4, 0.5) is 5.69 Å². The van der Waals surface area contributed by atoms with Crippen LogP contribution in [0, 0.1) is 6.92 Å². The first-order valence-corrected chi connectivity index (χ1v) is 10.5. The molecular weight excluding hydrogens is 348 g/mol. The van der Waals surface area contributed by atoms with E-state index in [1.165, 1.54) is 16.8 Å². The number of benzene rings is 2. The lowest BCUT2D eigenvalue weighted by atomic mass is 10.0. The lowest BCUT2D eigenvalue weighted by Gasteiger charge is -2.36. The summed E-state index contributed by atoms with van der Waals surface area (Å²) in [5, 5.41) is 0. The Bertz CT molecular complexity index is 752. The molecule has 1 heterocycles. The summed E-state index contributed by atoms with van der Waals surface area (Å²) in [6.45, 7) is 15.1. The average Bonchev–Trinajstić information content (AvgIpc) is 2.70. The SMILES string of the molecule is CCOc1ccccc1N1CCN(CCOc2cc(C(C)C)ccc2C)CC1. The largest absolute Gasteiger partial charge is 0.492 e. The van der Waals surface area contributed by atoms with Gasteiger partial charge in [0.25, 0.3) is 0 Å². The van der Waals surface area contributed by atoms with Crippen molar-refractivity contribution < 1.29 is 9.47 Å². The lowest BCUT2D eigenvalue weighted by molar-refractivity contribution is 0.199. The first kappa shape index (κ1) is 20.5. The summed E-state index contributed by atoms with van der Waals surface area (Å²) in [7, 11) is 0. The highest BCUT2D eigenvalue weighted by Crippen LogP contribution is 2.29. The zero-order valence-corrected chi connectivity index (χ0v) is 17.8. The molecule has 0 saturated carbocycles. The summed E-state index contributed by atoms with van der Waals surface area (Å²) in [6, 6.07) is 14.9. The van der Waals surface area contributed by atoms with Crippen LogP contribution in [0.1, 0.15) is 37.8 Å². The van der Waals surface area contributed by atoms with Crippen molar-refractivity contribution in [2.75, 3.05) is 50.8 Å². The molecular formula is C24H34N2O2. The molecule has 2 aromatic rings. The first-order chi connectivity index (χ1) is 13.6. The van der Waals surface area contributed by atoms with Gasteiger partial charge in [-0.2, -0.15) is 0 Å². The van der Waals surface area contributed by atoms with Gasteiger partial charge in [0.15, 0.2) is 0 Å². The van der Waals surface area contributed by atoms with Gasteiger partial charge in [0, 0.05) is 32.7 Å². The number of nitrogens with zero attached hydrogens (tertiary/aromatic N) is 2. The monoisotopic (exact) mass is 382 g/mol. The van der Waals surface area contributed by atoms with Gasteiger partial charge in [-0.1, -0.05) is 38.1 Å². The number of piperazine rings is 1. The van der Waals surface area contributed by atoms with E-state index in [4.69, 9.17) is 9.47 Å². The van der Waals surface area contributed by atoms with Crippen molar-refractivity contribution >= 4 is 5.69 Å². The third kappa shape index (κ3) is 5.20. The lowest BCUT2D eigenvalue weighted by Crippen LogP contribution is -2.47. The number of aryl methyl sites for hydroxylation is 1. The maximum atomic E-state index is 6.12. The van der Waals surface area contributed by atoms with E-state index in [1.54, 1.807) is 0 Å². The van der Waals surface area contributed by atoms with Crippen LogP contribution >= 0.6 is 0 Å². The van der Waals surface area contributed by atoms with Crippen molar-refractivity contribution in [3.8, 4) is 11.5 Å². The van der Waals surface area contributed by atoms with E-state index >= 15 is 0 Å². The Morgan fingerprint density at radius 2 is 1.68 bits per heavy atom. The molecule has 1 fully saturated rings. The molecule has 152 valence electrons. The summed E-state index contributed by atoms with van der Waals surface area (Å²) in [6.07, 6.45) is 0. The van der Waals surface area contributed by atoms with Crippen LogP contribution in [0.2, 0.25) is 0 Å². The van der Waals surface area contributed by atoms with Crippen LogP contribution in [-0.2, 0) is 0 Å². The van der Waals surface area contributed by atoms with Gasteiger partial charge >= 0.3 is 0 Å². The van der Waals surface area contributed by atoms with Crippen molar-refractivity contribution in [2.45, 2.75) is 33.6 Å². The predicted octanol–water partition coefficient (Wildman–Crippen LogP) is 4.72. The summed E-state index contributed by atoms with van der Waals surface area (Å²) in [5.74, 6) is 2.54. The molecule has 0 aromatic heterocycles. The topological polar surface area (TPSA) is 24.9 Å². The number of para-hydroxylation sites is 2. The number of hydrogen-bond acceptors (Lipinski definition) is 4. The highest BCUT2D eigenvalue weighted by molar-refractivity contribution is 5.58. The van der Waals surface area contributed by atoms with Crippen molar-refractivity contribution in [1.29, 1.82) is 0 Å². The van der Waals surface area contributed by atoms with E-state index in [9.17, 15) is 0 Å². The maximum Gasteiger partial charge on any atom is 0.142 e. The molecule has 0 atom stereocenters. The summed E-state index contributed by atoms with van der Waals surface area (Å²) < 4.78 is 11.9. The minimum Gasteiger partial charge on any atom is -0.492 e. The van der Waals surface area contributed by atoms with Gasteiger partial charge in [-0.05, 0) is 49.1 Å². The Kier molecular flexibility index (Phi) is 7.21. The third-order valence-electron chi connectivity index (χ3n) is 5.42. The smallest absolute Gasteiger partial charge is 0.142 e. The molecule has 28 heavy (non-hydrogen) atoms. The number of ether oxygens (including phenoxy) is 2. The molecule has 2 aromatic carbocycles. The molecule has 0 unspecified atom stereocenters. The summed E-state index contributed by atoms with van der Waals surface area (Å²) in [4.78, 5) is 4.92. The van der Waals surface area contributed by atoms with E-state index in [0.717, 1.165) is 50.8 Å². The van der Waals surface area contributed by atoms with Crippen molar-refractivity contribution in [2.24, 2.45) is 0 Å². The van der Waals surface area contributed by atoms with Crippen LogP contribution in [0.25, 0.3) is 0 Å². The van der Waals surface area contributed by atoms with Crippen molar-refractivity contribution in [3.63, 3.8) is 0 Å². The fourth-order valence-corrected chi connectivity index (χ4v) is 3.62. The molecule has 4 heteroatoms. The van der Waals surface area contributed by atoms with E-state index < -0.39 is 0 Å². The molecule has 0 amide bonds. The van der Waals surface area contributed by atoms with Crippen molar-refractivity contribution in [1.82, 2.24) is 4.90 Å². The summed E-state index contributed by atoms with van der Waals surface area (Å²) >= 11 is 0. The molecule has 0 aliphatic carbocycles. The number of rotatable bonds is 8. The van der Waals surface area contributed by atoms with Crippen molar-refractivity contribution in [3.05, 3.63) is 53.6 Å². The maximum absolute atomic E-state index is 6.12. The van der Waals surface area contributed by atoms with E-state index in [2.05, 4.69) is 67.0 Å². The third-order valence-corrected chi connectivity index (χ3v) is 5.42. The molecule has 0 spiro atoms. The molecule has 1 aliphatic rings. The summed E-state index contributed by atoms with van der Waals surface area (Å²) in [5.41, 5.74) is 3.75. The van der Waals surface area contributed by atoms with Gasteiger partial charge in [0.2, 0.25) is 0 Å². The molecule has 4 nitrogen and oxygen atoms in total. The molecule has 0 N–H and O–H groups in total. The van der Waals surface area contributed by atoms with Gasteiger partial charge in [0.05, 0.1) is 12.3 Å². The van der Waals surface area contributed by atoms with Gasteiger partial charge in [-0.25, -0.2) is 0 Å². The Morgan fingerprint density at radius 3 is 2.39 bits per heavy atom. The molecule has 3 rings (SSSR count). The van der Waals surface area contributed by atoms with E-state index in [0.29, 0.717) is 12.5 Å². The zero-order chi connectivity index (χ0) is 19.9. The number of hydrogen-bond donors (Lipinski definition) is 0. The van der Waals surface area contributed by atoms with Crippen LogP contribution < -0.4 is 14.4 Å². The Labute approximate surface area is 170 Å². The minimum atomic E-state index is 0.524. The average molecular weight is 383 g/mol. The van der Waals surface area contributed by atoms with Gasteiger partial charge in [-0.3, -0.25) is 4.90 Å². The van der Waals surface area contributed by atoms with E-state index in [1.807, 2.05) is 13.0 Å². The van der Waals surface area contributed by atoms with Crippen LogP contribution in [-0.4, -0.2) is 50.8 Å². The standard InChI is InChI=1S/C24H34N2O2/c1-5-27-23-9-7-6-8-22(23)26-14-12-25(13-15-26)16-17-28-24-18-21(19(2)3)11-10-20(24)4/h6-11,18-19H,5,12-17H2,1-4H3. The van der Waals surface area contributed by atoms with Gasteiger partial charge in [-0.15, -0.1) is 0 Å². The van der Waals surface area contributed by atoms with Crippen LogP contribution in [0.15, 0.2) is 42.5 Å². The first-order valence-electron chi connectivity index (χ1n) is 10.5. The normalized spacial score (nSPS) is 15.1. The number of anilines is 1. The predicted molar refractivity (Wildman–Crippen MR) is 117 cm³/mol. The fraction of sp³-hybridized carbons (Fsp3) is 0.500. The minimum absolute atomic E-state index is 0.524. The fourth-order valence-electron chi connectivity index (χ4n) is 3.62. The Balaban J connectivity index is 1.48. The Hall–Kier alpha value is -2.20. The molecule has 0 bridgehead atoms.